The Balaban J connectivity index is 2.69. The summed E-state index contributed by atoms with van der Waals surface area (Å²) < 4.78 is 10.7. The lowest BCUT2D eigenvalue weighted by Crippen LogP contribution is -2.11. The Morgan fingerprint density at radius 1 is 1.00 bits per heavy atom. The molecule has 2 rings (SSSR count). The molecule has 3 nitrogen and oxygen atoms in total. The Bertz CT molecular complexity index is 497. The molecular weight excluding hydrogens is 221 g/mol. The molecule has 0 spiro atoms. The maximum Gasteiger partial charge on any atom is 0.207 e. The van der Waals surface area contributed by atoms with Crippen molar-refractivity contribution in [3.63, 3.8) is 0 Å². The minimum atomic E-state index is -1.10. The van der Waals surface area contributed by atoms with Crippen LogP contribution in [0.2, 0.25) is 0 Å². The van der Waals surface area contributed by atoms with E-state index in [-0.39, 0.29) is 0 Å². The fourth-order valence-corrected chi connectivity index (χ4v) is 2.93. The van der Waals surface area contributed by atoms with Crippen molar-refractivity contribution in [1.82, 2.24) is 0 Å². The number of hydrogen-bond donors (Lipinski definition) is 1. The third-order valence-electron chi connectivity index (χ3n) is 2.45. The smallest absolute Gasteiger partial charge is 0.207 e. The van der Waals surface area contributed by atoms with Gasteiger partial charge in [0.2, 0.25) is 8.38 Å². The second-order valence-corrected chi connectivity index (χ2v) is 5.04. The summed E-state index contributed by atoms with van der Waals surface area (Å²) in [6.45, 7) is 0. The number of nitrogens with two attached hydrogens (primary N) is 1. The third-order valence-corrected chi connectivity index (χ3v) is 3.97. The van der Waals surface area contributed by atoms with Crippen LogP contribution >= 0.6 is 8.38 Å². The number of fused-ring (bicyclic) bond motifs is 1. The number of hydrogen-bond acceptors (Lipinski definition) is 3. The van der Waals surface area contributed by atoms with Crippen LogP contribution < -0.4 is 11.0 Å². The Kier molecular flexibility index (Phi) is 3.39. The monoisotopic (exact) mass is 235 g/mol. The van der Waals surface area contributed by atoms with Gasteiger partial charge in [-0.2, -0.15) is 0 Å². The molecule has 2 aromatic rings. The molecular formula is C12H14NO2P. The minimum absolute atomic E-state index is 0.716. The van der Waals surface area contributed by atoms with E-state index < -0.39 is 8.38 Å². The molecule has 16 heavy (non-hydrogen) atoms. The van der Waals surface area contributed by atoms with Gasteiger partial charge in [0.1, 0.15) is 0 Å². The van der Waals surface area contributed by atoms with E-state index in [1.54, 1.807) is 14.2 Å². The summed E-state index contributed by atoms with van der Waals surface area (Å²) in [5.74, 6) is 0. The number of nitrogen functional groups attached to an aromatic ring is 1. The van der Waals surface area contributed by atoms with Crippen LogP contribution in [0.3, 0.4) is 0 Å². The van der Waals surface area contributed by atoms with Gasteiger partial charge in [-0.25, -0.2) is 0 Å². The molecule has 0 amide bonds. The van der Waals surface area contributed by atoms with Crippen molar-refractivity contribution in [3.8, 4) is 0 Å². The average molecular weight is 235 g/mol. The minimum Gasteiger partial charge on any atom is -0.398 e. The predicted octanol–water partition coefficient (Wildman–Crippen LogP) is 2.65. The van der Waals surface area contributed by atoms with Crippen molar-refractivity contribution in [3.05, 3.63) is 36.4 Å². The van der Waals surface area contributed by atoms with Gasteiger partial charge in [0.05, 0.1) is 5.30 Å². The summed E-state index contributed by atoms with van der Waals surface area (Å²) >= 11 is 0. The van der Waals surface area contributed by atoms with E-state index in [2.05, 4.69) is 6.07 Å². The van der Waals surface area contributed by atoms with Crippen molar-refractivity contribution < 1.29 is 9.05 Å². The molecule has 0 radical (unpaired) electrons. The summed E-state index contributed by atoms with van der Waals surface area (Å²) in [4.78, 5) is 0. The van der Waals surface area contributed by atoms with Gasteiger partial charge in [-0.05, 0) is 16.8 Å². The van der Waals surface area contributed by atoms with E-state index in [4.69, 9.17) is 14.8 Å². The summed E-state index contributed by atoms with van der Waals surface area (Å²) in [5, 5.41) is 3.20. The van der Waals surface area contributed by atoms with Crippen LogP contribution in [0.25, 0.3) is 10.8 Å². The number of anilines is 1. The number of benzene rings is 2. The third kappa shape index (κ3) is 1.90. The summed E-state index contributed by atoms with van der Waals surface area (Å²) in [5.41, 5.74) is 6.71. The second kappa shape index (κ2) is 4.79. The van der Waals surface area contributed by atoms with E-state index in [9.17, 15) is 0 Å². The lowest BCUT2D eigenvalue weighted by Gasteiger charge is -2.16. The van der Waals surface area contributed by atoms with Gasteiger partial charge >= 0.3 is 0 Å². The first-order valence-electron chi connectivity index (χ1n) is 4.93. The molecule has 0 heterocycles. The Hall–Kier alpha value is -1.15. The molecule has 4 heteroatoms. The van der Waals surface area contributed by atoms with Crippen molar-refractivity contribution in [1.29, 1.82) is 0 Å². The molecule has 0 atom stereocenters. The highest BCUT2D eigenvalue weighted by Gasteiger charge is 2.17. The lowest BCUT2D eigenvalue weighted by molar-refractivity contribution is 0.350. The van der Waals surface area contributed by atoms with Crippen molar-refractivity contribution >= 4 is 30.1 Å². The maximum atomic E-state index is 5.99. The van der Waals surface area contributed by atoms with Crippen LogP contribution in [0.1, 0.15) is 0 Å². The van der Waals surface area contributed by atoms with Gasteiger partial charge in [-0.15, -0.1) is 0 Å². The highest BCUT2D eigenvalue weighted by Crippen LogP contribution is 2.39. The molecule has 0 unspecified atom stereocenters. The first kappa shape index (κ1) is 11.3. The van der Waals surface area contributed by atoms with Crippen LogP contribution in [0.4, 0.5) is 5.69 Å². The van der Waals surface area contributed by atoms with Crippen molar-refractivity contribution in [2.24, 2.45) is 0 Å². The molecule has 84 valence electrons. The van der Waals surface area contributed by atoms with E-state index in [0.29, 0.717) is 5.69 Å². The van der Waals surface area contributed by atoms with E-state index in [0.717, 1.165) is 16.1 Å². The SMILES string of the molecule is COP(OC)c1c(N)ccc2ccccc12. The van der Waals surface area contributed by atoms with Crippen LogP contribution in [0, 0.1) is 0 Å². The maximum absolute atomic E-state index is 5.99. The Labute approximate surface area is 96.1 Å². The molecule has 0 saturated carbocycles. The molecule has 0 aliphatic heterocycles. The Morgan fingerprint density at radius 2 is 1.69 bits per heavy atom. The fourth-order valence-electron chi connectivity index (χ4n) is 1.73. The standard InChI is InChI=1S/C12H14NO2P/c1-14-16(15-2)12-10-6-4-3-5-9(10)7-8-11(12)13/h3-8H,13H2,1-2H3. The van der Waals surface area contributed by atoms with Crippen LogP contribution in [0.5, 0.6) is 0 Å². The molecule has 2 N–H and O–H groups in total. The van der Waals surface area contributed by atoms with Crippen molar-refractivity contribution in [2.45, 2.75) is 0 Å². The summed E-state index contributed by atoms with van der Waals surface area (Å²) in [6.07, 6.45) is 0. The average Bonchev–Trinajstić information content (AvgIpc) is 2.33. The highest BCUT2D eigenvalue weighted by atomic mass is 31.2. The Morgan fingerprint density at radius 3 is 2.38 bits per heavy atom. The van der Waals surface area contributed by atoms with Gasteiger partial charge in [0, 0.05) is 19.9 Å². The zero-order chi connectivity index (χ0) is 11.5. The van der Waals surface area contributed by atoms with E-state index >= 15 is 0 Å². The first-order chi connectivity index (χ1) is 7.77. The van der Waals surface area contributed by atoms with Gasteiger partial charge in [0.15, 0.2) is 0 Å². The molecule has 0 saturated heterocycles. The summed E-state index contributed by atoms with van der Waals surface area (Å²) in [7, 11) is 2.17. The van der Waals surface area contributed by atoms with Gasteiger partial charge in [0.25, 0.3) is 0 Å². The zero-order valence-corrected chi connectivity index (χ0v) is 10.2. The molecule has 0 aliphatic carbocycles. The van der Waals surface area contributed by atoms with Crippen LogP contribution in [-0.4, -0.2) is 14.2 Å². The molecule has 2 aromatic carbocycles. The first-order valence-corrected chi connectivity index (χ1v) is 6.11. The van der Waals surface area contributed by atoms with E-state index in [1.807, 2.05) is 30.3 Å². The van der Waals surface area contributed by atoms with Gasteiger partial charge < -0.3 is 14.8 Å². The topological polar surface area (TPSA) is 44.5 Å². The fraction of sp³-hybridized carbons (Fsp3) is 0.167. The lowest BCUT2D eigenvalue weighted by atomic mass is 10.1. The zero-order valence-electron chi connectivity index (χ0n) is 9.31. The van der Waals surface area contributed by atoms with Crippen LogP contribution in [-0.2, 0) is 9.05 Å². The highest BCUT2D eigenvalue weighted by molar-refractivity contribution is 7.57. The second-order valence-electron chi connectivity index (χ2n) is 3.35. The van der Waals surface area contributed by atoms with Crippen LogP contribution in [0.15, 0.2) is 36.4 Å². The predicted molar refractivity (Wildman–Crippen MR) is 68.9 cm³/mol. The molecule has 0 aliphatic rings. The number of rotatable bonds is 3. The largest absolute Gasteiger partial charge is 0.398 e. The van der Waals surface area contributed by atoms with Gasteiger partial charge in [-0.3, -0.25) is 0 Å². The molecule has 0 aromatic heterocycles. The quantitative estimate of drug-likeness (QED) is 0.657. The molecule has 0 bridgehead atoms. The summed E-state index contributed by atoms with van der Waals surface area (Å²) in [6, 6.07) is 12.0. The van der Waals surface area contributed by atoms with E-state index in [1.165, 1.54) is 0 Å². The van der Waals surface area contributed by atoms with Crippen molar-refractivity contribution in [2.75, 3.05) is 20.0 Å². The normalized spacial score (nSPS) is 11.2. The van der Waals surface area contributed by atoms with Gasteiger partial charge in [-0.1, -0.05) is 30.3 Å². The molecule has 0 fully saturated rings.